The van der Waals surface area contributed by atoms with Crippen molar-refractivity contribution in [2.45, 2.75) is 0 Å². The number of allylic oxidation sites excluding steroid dienone is 1. The van der Waals surface area contributed by atoms with E-state index in [1.165, 1.54) is 56.7 Å². The van der Waals surface area contributed by atoms with Crippen LogP contribution in [-0.2, 0) is 0 Å². The summed E-state index contributed by atoms with van der Waals surface area (Å²) in [4.78, 5) is 25.1. The first-order chi connectivity index (χ1) is 15.0. The van der Waals surface area contributed by atoms with Gasteiger partial charge in [-0.25, -0.2) is 9.18 Å². The van der Waals surface area contributed by atoms with Gasteiger partial charge >= 0.3 is 5.97 Å². The lowest BCUT2D eigenvalue weighted by atomic mass is 10.1. The van der Waals surface area contributed by atoms with E-state index in [0.717, 1.165) is 0 Å². The van der Waals surface area contributed by atoms with Crippen molar-refractivity contribution in [2.24, 2.45) is 0 Å². The minimum Gasteiger partial charge on any atom is -0.493 e. The van der Waals surface area contributed by atoms with Crippen molar-refractivity contribution in [3.63, 3.8) is 0 Å². The molecule has 1 heterocycles. The highest BCUT2D eigenvalue weighted by Crippen LogP contribution is 2.35. The number of Topliss-reactive ketones (excluding diaryl/α,β-unsaturated/α-hetero) is 1. The summed E-state index contributed by atoms with van der Waals surface area (Å²) in [7, 11) is 2.96. The van der Waals surface area contributed by atoms with Crippen LogP contribution >= 0.6 is 0 Å². The summed E-state index contributed by atoms with van der Waals surface area (Å²) in [6.07, 6.45) is 1.34. The van der Waals surface area contributed by atoms with E-state index in [-0.39, 0.29) is 34.2 Å². The van der Waals surface area contributed by atoms with Gasteiger partial charge in [0.2, 0.25) is 5.78 Å². The van der Waals surface area contributed by atoms with E-state index < -0.39 is 11.8 Å². The smallest absolute Gasteiger partial charge is 0.343 e. The summed E-state index contributed by atoms with van der Waals surface area (Å²) in [5.74, 6) is -0.178. The van der Waals surface area contributed by atoms with Gasteiger partial charge in [-0.1, -0.05) is 18.2 Å². The van der Waals surface area contributed by atoms with Gasteiger partial charge in [0.15, 0.2) is 17.3 Å². The quantitative estimate of drug-likeness (QED) is 0.339. The van der Waals surface area contributed by atoms with Gasteiger partial charge < -0.3 is 18.9 Å². The summed E-state index contributed by atoms with van der Waals surface area (Å²) >= 11 is 0. The van der Waals surface area contributed by atoms with Crippen LogP contribution in [0.4, 0.5) is 4.39 Å². The maximum atomic E-state index is 13.9. The maximum Gasteiger partial charge on any atom is 0.343 e. The van der Waals surface area contributed by atoms with Crippen LogP contribution in [0.5, 0.6) is 23.0 Å². The molecular weight excluding hydrogens is 403 g/mol. The molecule has 0 fully saturated rings. The molecule has 0 N–H and O–H groups in total. The number of carbonyl (C=O) groups excluding carboxylic acids is 2. The van der Waals surface area contributed by atoms with Crippen molar-refractivity contribution in [1.82, 2.24) is 0 Å². The number of rotatable bonds is 5. The van der Waals surface area contributed by atoms with Crippen LogP contribution in [0.15, 0.2) is 66.4 Å². The van der Waals surface area contributed by atoms with Gasteiger partial charge in [-0.3, -0.25) is 4.79 Å². The minimum absolute atomic E-state index is 0.0107. The van der Waals surface area contributed by atoms with E-state index in [0.29, 0.717) is 17.1 Å². The second-order valence-corrected chi connectivity index (χ2v) is 6.58. The molecule has 0 atom stereocenters. The van der Waals surface area contributed by atoms with Crippen LogP contribution in [0, 0.1) is 5.82 Å². The Hall–Kier alpha value is -4.13. The Morgan fingerprint density at radius 3 is 2.48 bits per heavy atom. The Kier molecular flexibility index (Phi) is 5.41. The molecule has 0 aliphatic carbocycles. The fraction of sp³-hybridized carbons (Fsp3) is 0.0833. The molecule has 0 spiro atoms. The Labute approximate surface area is 177 Å². The van der Waals surface area contributed by atoms with Crippen molar-refractivity contribution in [2.75, 3.05) is 14.2 Å². The van der Waals surface area contributed by atoms with E-state index in [2.05, 4.69) is 0 Å². The third kappa shape index (κ3) is 3.98. The number of ketones is 1. The molecule has 3 aromatic carbocycles. The lowest BCUT2D eigenvalue weighted by Gasteiger charge is -2.10. The van der Waals surface area contributed by atoms with Gasteiger partial charge in [0.1, 0.15) is 17.3 Å². The van der Waals surface area contributed by atoms with Gasteiger partial charge in [0, 0.05) is 11.6 Å². The number of hydrogen-bond donors (Lipinski definition) is 0. The van der Waals surface area contributed by atoms with Crippen LogP contribution in [0.2, 0.25) is 0 Å². The molecule has 0 radical (unpaired) electrons. The fourth-order valence-corrected chi connectivity index (χ4v) is 3.09. The number of esters is 1. The highest BCUT2D eigenvalue weighted by atomic mass is 19.1. The van der Waals surface area contributed by atoms with Crippen LogP contribution in [0.1, 0.15) is 26.3 Å². The van der Waals surface area contributed by atoms with Crippen molar-refractivity contribution < 1.29 is 32.9 Å². The average Bonchev–Trinajstić information content (AvgIpc) is 3.09. The predicted octanol–water partition coefficient (Wildman–Crippen LogP) is 4.68. The predicted molar refractivity (Wildman–Crippen MR) is 110 cm³/mol. The largest absolute Gasteiger partial charge is 0.493 e. The molecule has 31 heavy (non-hydrogen) atoms. The van der Waals surface area contributed by atoms with Crippen LogP contribution in [-0.4, -0.2) is 26.0 Å². The lowest BCUT2D eigenvalue weighted by molar-refractivity contribution is 0.0734. The minimum atomic E-state index is -0.618. The number of benzene rings is 3. The Morgan fingerprint density at radius 2 is 1.74 bits per heavy atom. The Balaban J connectivity index is 1.55. The number of halogens is 1. The Morgan fingerprint density at radius 1 is 0.968 bits per heavy atom. The molecule has 0 saturated carbocycles. The topological polar surface area (TPSA) is 71.1 Å². The highest BCUT2D eigenvalue weighted by molar-refractivity contribution is 6.14. The van der Waals surface area contributed by atoms with Crippen molar-refractivity contribution >= 4 is 17.8 Å². The van der Waals surface area contributed by atoms with Crippen LogP contribution < -0.4 is 18.9 Å². The third-order valence-corrected chi connectivity index (χ3v) is 4.66. The van der Waals surface area contributed by atoms with Gasteiger partial charge in [0.05, 0.1) is 25.3 Å². The second kappa shape index (κ2) is 8.31. The molecule has 0 amide bonds. The van der Waals surface area contributed by atoms with Gasteiger partial charge in [-0.15, -0.1) is 0 Å². The number of methoxy groups -OCH3 is 2. The molecule has 6 nitrogen and oxygen atoms in total. The monoisotopic (exact) mass is 420 g/mol. The normalized spacial score (nSPS) is 13.5. The second-order valence-electron chi connectivity index (χ2n) is 6.58. The van der Waals surface area contributed by atoms with Crippen molar-refractivity contribution in [1.29, 1.82) is 0 Å². The van der Waals surface area contributed by atoms with Gasteiger partial charge in [0.25, 0.3) is 0 Å². The molecule has 0 unspecified atom stereocenters. The zero-order valence-electron chi connectivity index (χ0n) is 16.7. The molecule has 3 aromatic rings. The van der Waals surface area contributed by atoms with Crippen LogP contribution in [0.25, 0.3) is 6.08 Å². The van der Waals surface area contributed by atoms with E-state index in [1.807, 2.05) is 0 Å². The Bertz CT molecular complexity index is 1210. The third-order valence-electron chi connectivity index (χ3n) is 4.66. The highest BCUT2D eigenvalue weighted by Gasteiger charge is 2.28. The van der Waals surface area contributed by atoms with Crippen molar-refractivity contribution in [3.05, 3.63) is 88.9 Å². The number of hydrogen-bond acceptors (Lipinski definition) is 6. The van der Waals surface area contributed by atoms with Crippen molar-refractivity contribution in [3.8, 4) is 23.0 Å². The first-order valence-corrected chi connectivity index (χ1v) is 9.27. The van der Waals surface area contributed by atoms with E-state index in [9.17, 15) is 14.0 Å². The van der Waals surface area contributed by atoms with Gasteiger partial charge in [-0.05, 0) is 42.5 Å². The molecule has 0 saturated heterocycles. The number of ether oxygens (including phenoxy) is 4. The summed E-state index contributed by atoms with van der Waals surface area (Å²) in [5.41, 5.74) is 0.794. The zero-order valence-corrected chi connectivity index (χ0v) is 16.7. The molecule has 156 valence electrons. The average molecular weight is 420 g/mol. The SMILES string of the molecule is COc1ccc(C(=O)Oc2ccc3c(c2)O/C(=C\c2ccccc2F)C3=O)cc1OC. The van der Waals surface area contributed by atoms with E-state index in [4.69, 9.17) is 18.9 Å². The summed E-state index contributed by atoms with van der Waals surface area (Å²) in [6.45, 7) is 0. The molecule has 4 rings (SSSR count). The van der Waals surface area contributed by atoms with E-state index >= 15 is 0 Å². The fourth-order valence-electron chi connectivity index (χ4n) is 3.09. The first kappa shape index (κ1) is 20.2. The van der Waals surface area contributed by atoms with Crippen LogP contribution in [0.3, 0.4) is 0 Å². The summed E-state index contributed by atoms with van der Waals surface area (Å²) in [6, 6.07) is 15.1. The molecule has 7 heteroatoms. The standard InChI is InChI=1S/C24H17FO6/c1-28-19-10-7-15(12-21(19)29-2)24(27)30-16-8-9-17-20(13-16)31-22(23(17)26)11-14-5-3-4-6-18(14)25/h3-13H,1-2H3/b22-11-. The number of carbonyl (C=O) groups is 2. The maximum absolute atomic E-state index is 13.9. The molecule has 0 aromatic heterocycles. The summed E-state index contributed by atoms with van der Waals surface area (Å²) < 4.78 is 35.2. The molecular formula is C24H17FO6. The van der Waals surface area contributed by atoms with E-state index in [1.54, 1.807) is 24.3 Å². The molecule has 0 bridgehead atoms. The van der Waals surface area contributed by atoms with Gasteiger partial charge in [-0.2, -0.15) is 0 Å². The number of fused-ring (bicyclic) bond motifs is 1. The zero-order chi connectivity index (χ0) is 22.0. The summed E-state index contributed by atoms with van der Waals surface area (Å²) in [5, 5.41) is 0. The first-order valence-electron chi connectivity index (χ1n) is 9.27. The molecule has 1 aliphatic rings. The lowest BCUT2D eigenvalue weighted by Crippen LogP contribution is -2.09. The molecule has 1 aliphatic heterocycles.